The summed E-state index contributed by atoms with van der Waals surface area (Å²) < 4.78 is 47.0. The van der Waals surface area contributed by atoms with Crippen molar-refractivity contribution in [3.63, 3.8) is 0 Å². The summed E-state index contributed by atoms with van der Waals surface area (Å²) in [6.07, 6.45) is -0.513. The standard InChI is InChI=1S/C15H22F3NO2/c1-2-12-6-7-14(21-12)9-19-11-4-3-5-13(8-11)20-10-15(16,17)18/h6-7,11,13,19H,2-5,8-10H2,1H3. The fourth-order valence-corrected chi connectivity index (χ4v) is 2.65. The van der Waals surface area contributed by atoms with Crippen LogP contribution in [0.25, 0.3) is 0 Å². The Morgan fingerprint density at radius 1 is 1.29 bits per heavy atom. The Kier molecular flexibility index (Phi) is 5.70. The largest absolute Gasteiger partial charge is 0.465 e. The van der Waals surface area contributed by atoms with E-state index in [0.29, 0.717) is 19.4 Å². The van der Waals surface area contributed by atoms with Crippen molar-refractivity contribution < 1.29 is 22.3 Å². The second-order valence-electron chi connectivity index (χ2n) is 5.51. The van der Waals surface area contributed by atoms with E-state index >= 15 is 0 Å². The molecule has 0 aromatic carbocycles. The van der Waals surface area contributed by atoms with E-state index in [2.05, 4.69) is 5.32 Å². The maximum atomic E-state index is 12.2. The lowest BCUT2D eigenvalue weighted by Gasteiger charge is -2.30. The lowest BCUT2D eigenvalue weighted by atomic mass is 9.93. The Labute approximate surface area is 122 Å². The Morgan fingerprint density at radius 3 is 2.71 bits per heavy atom. The first-order chi connectivity index (χ1) is 9.96. The van der Waals surface area contributed by atoms with E-state index in [-0.39, 0.29) is 12.1 Å². The molecule has 0 saturated heterocycles. The average Bonchev–Trinajstić information content (AvgIpc) is 2.91. The molecule has 1 heterocycles. The summed E-state index contributed by atoms with van der Waals surface area (Å²) in [6, 6.07) is 4.08. The van der Waals surface area contributed by atoms with E-state index in [1.807, 2.05) is 19.1 Å². The normalized spacial score (nSPS) is 23.4. The predicted octanol–water partition coefficient (Wildman–Crippen LogP) is 3.82. The molecule has 2 atom stereocenters. The lowest BCUT2D eigenvalue weighted by molar-refractivity contribution is -0.188. The Morgan fingerprint density at radius 2 is 2.05 bits per heavy atom. The van der Waals surface area contributed by atoms with Crippen molar-refractivity contribution in [2.75, 3.05) is 6.61 Å². The van der Waals surface area contributed by atoms with E-state index in [1.54, 1.807) is 0 Å². The fraction of sp³-hybridized carbons (Fsp3) is 0.733. The molecule has 3 nitrogen and oxygen atoms in total. The highest BCUT2D eigenvalue weighted by molar-refractivity contribution is 5.06. The summed E-state index contributed by atoms with van der Waals surface area (Å²) in [4.78, 5) is 0. The average molecular weight is 305 g/mol. The SMILES string of the molecule is CCc1ccc(CNC2CCCC(OCC(F)(F)F)C2)o1. The number of hydrogen-bond acceptors (Lipinski definition) is 3. The molecule has 2 rings (SSSR count). The molecule has 1 saturated carbocycles. The van der Waals surface area contributed by atoms with Gasteiger partial charge in [-0.3, -0.25) is 0 Å². The van der Waals surface area contributed by atoms with Crippen LogP contribution in [-0.4, -0.2) is 24.9 Å². The van der Waals surface area contributed by atoms with Crippen molar-refractivity contribution in [3.05, 3.63) is 23.7 Å². The Balaban J connectivity index is 1.73. The third kappa shape index (κ3) is 5.71. The summed E-state index contributed by atoms with van der Waals surface area (Å²) in [5, 5.41) is 3.35. The molecule has 6 heteroatoms. The number of aryl methyl sites for hydroxylation is 1. The minimum Gasteiger partial charge on any atom is -0.465 e. The first-order valence-electron chi connectivity index (χ1n) is 7.45. The molecule has 1 N–H and O–H groups in total. The summed E-state index contributed by atoms with van der Waals surface area (Å²) in [6.45, 7) is 1.48. The Bertz CT molecular complexity index is 431. The van der Waals surface area contributed by atoms with Crippen LogP contribution in [0.3, 0.4) is 0 Å². The van der Waals surface area contributed by atoms with Crippen molar-refractivity contribution in [1.29, 1.82) is 0 Å². The zero-order chi connectivity index (χ0) is 15.3. The molecule has 120 valence electrons. The van der Waals surface area contributed by atoms with Crippen LogP contribution in [0, 0.1) is 0 Å². The van der Waals surface area contributed by atoms with Gasteiger partial charge in [0.25, 0.3) is 0 Å². The van der Waals surface area contributed by atoms with Crippen LogP contribution < -0.4 is 5.32 Å². The highest BCUT2D eigenvalue weighted by atomic mass is 19.4. The summed E-state index contributed by atoms with van der Waals surface area (Å²) in [5.41, 5.74) is 0. The second-order valence-corrected chi connectivity index (χ2v) is 5.51. The van der Waals surface area contributed by atoms with E-state index in [4.69, 9.17) is 9.15 Å². The molecule has 1 aromatic rings. The first-order valence-corrected chi connectivity index (χ1v) is 7.45. The molecule has 1 aliphatic carbocycles. The number of halogens is 3. The van der Waals surface area contributed by atoms with Crippen LogP contribution in [-0.2, 0) is 17.7 Å². The van der Waals surface area contributed by atoms with Gasteiger partial charge in [-0.25, -0.2) is 0 Å². The van der Waals surface area contributed by atoms with Gasteiger partial charge < -0.3 is 14.5 Å². The van der Waals surface area contributed by atoms with Gasteiger partial charge in [-0.15, -0.1) is 0 Å². The smallest absolute Gasteiger partial charge is 0.411 e. The molecule has 0 spiro atoms. The van der Waals surface area contributed by atoms with Gasteiger partial charge in [-0.2, -0.15) is 13.2 Å². The molecule has 0 radical (unpaired) electrons. The number of furan rings is 1. The predicted molar refractivity (Wildman–Crippen MR) is 73.0 cm³/mol. The molecule has 1 fully saturated rings. The Hall–Kier alpha value is -1.01. The summed E-state index contributed by atoms with van der Waals surface area (Å²) >= 11 is 0. The highest BCUT2D eigenvalue weighted by Gasteiger charge is 2.31. The van der Waals surface area contributed by atoms with Crippen molar-refractivity contribution in [1.82, 2.24) is 5.32 Å². The summed E-state index contributed by atoms with van der Waals surface area (Å²) in [5.74, 6) is 1.81. The van der Waals surface area contributed by atoms with Gasteiger partial charge in [0.2, 0.25) is 0 Å². The van der Waals surface area contributed by atoms with E-state index in [1.165, 1.54) is 0 Å². The van der Waals surface area contributed by atoms with Crippen LogP contribution in [0.1, 0.15) is 44.1 Å². The maximum absolute atomic E-state index is 12.2. The minimum atomic E-state index is -4.24. The molecular formula is C15H22F3NO2. The van der Waals surface area contributed by atoms with Crippen LogP contribution in [0.2, 0.25) is 0 Å². The number of rotatable bonds is 6. The van der Waals surface area contributed by atoms with E-state index in [9.17, 15) is 13.2 Å². The molecular weight excluding hydrogens is 283 g/mol. The van der Waals surface area contributed by atoms with Gasteiger partial charge >= 0.3 is 6.18 Å². The first kappa shape index (κ1) is 16.4. The van der Waals surface area contributed by atoms with Crippen LogP contribution in [0.15, 0.2) is 16.5 Å². The molecule has 0 aliphatic heterocycles. The number of hydrogen-bond donors (Lipinski definition) is 1. The van der Waals surface area contributed by atoms with Crippen molar-refractivity contribution in [3.8, 4) is 0 Å². The topological polar surface area (TPSA) is 34.4 Å². The van der Waals surface area contributed by atoms with Gasteiger partial charge in [-0.1, -0.05) is 6.92 Å². The molecule has 2 unspecified atom stereocenters. The van der Waals surface area contributed by atoms with Crippen LogP contribution in [0.5, 0.6) is 0 Å². The molecule has 1 aliphatic rings. The molecule has 21 heavy (non-hydrogen) atoms. The van der Waals surface area contributed by atoms with Crippen LogP contribution >= 0.6 is 0 Å². The van der Waals surface area contributed by atoms with Crippen molar-refractivity contribution in [2.24, 2.45) is 0 Å². The minimum absolute atomic E-state index is 0.187. The number of alkyl halides is 3. The highest BCUT2D eigenvalue weighted by Crippen LogP contribution is 2.24. The third-order valence-corrected chi connectivity index (χ3v) is 3.74. The van der Waals surface area contributed by atoms with Gasteiger partial charge in [0.15, 0.2) is 0 Å². The molecule has 1 aromatic heterocycles. The maximum Gasteiger partial charge on any atom is 0.411 e. The summed E-state index contributed by atoms with van der Waals surface area (Å²) in [7, 11) is 0. The van der Waals surface area contributed by atoms with Gasteiger partial charge in [-0.05, 0) is 37.8 Å². The molecule has 0 bridgehead atoms. The monoisotopic (exact) mass is 305 g/mol. The second kappa shape index (κ2) is 7.31. The van der Waals surface area contributed by atoms with Gasteiger partial charge in [0.1, 0.15) is 18.1 Å². The van der Waals surface area contributed by atoms with Gasteiger partial charge in [0.05, 0.1) is 12.6 Å². The van der Waals surface area contributed by atoms with E-state index in [0.717, 1.165) is 30.8 Å². The fourth-order valence-electron chi connectivity index (χ4n) is 2.65. The number of ether oxygens (including phenoxy) is 1. The lowest BCUT2D eigenvalue weighted by Crippen LogP contribution is -2.37. The van der Waals surface area contributed by atoms with Crippen LogP contribution in [0.4, 0.5) is 13.2 Å². The quantitative estimate of drug-likeness (QED) is 0.867. The molecule has 0 amide bonds. The van der Waals surface area contributed by atoms with E-state index < -0.39 is 12.8 Å². The third-order valence-electron chi connectivity index (χ3n) is 3.74. The zero-order valence-electron chi connectivity index (χ0n) is 12.2. The van der Waals surface area contributed by atoms with Gasteiger partial charge in [0, 0.05) is 12.5 Å². The van der Waals surface area contributed by atoms with Crippen molar-refractivity contribution in [2.45, 2.75) is 63.9 Å². The van der Waals surface area contributed by atoms with Crippen molar-refractivity contribution >= 4 is 0 Å². The zero-order valence-corrected chi connectivity index (χ0v) is 12.2. The number of nitrogens with one attached hydrogen (secondary N) is 1.